The van der Waals surface area contributed by atoms with Gasteiger partial charge in [-0.25, -0.2) is 4.99 Å². The first kappa shape index (κ1) is 12.6. The third kappa shape index (κ3) is 2.36. The molecule has 0 unspecified atom stereocenters. The molecule has 0 amide bonds. The lowest BCUT2D eigenvalue weighted by molar-refractivity contribution is 0.411. The largest absolute Gasteiger partial charge is 0.496 e. The average Bonchev–Trinajstić information content (AvgIpc) is 2.37. The zero-order valence-electron chi connectivity index (χ0n) is 9.36. The Labute approximate surface area is 101 Å². The monoisotopic (exact) mass is 238 g/mol. The van der Waals surface area contributed by atoms with Crippen LogP contribution in [-0.4, -0.2) is 12.9 Å². The van der Waals surface area contributed by atoms with Crippen molar-refractivity contribution in [2.75, 3.05) is 7.11 Å². The molecule has 0 spiro atoms. The molecule has 0 saturated heterocycles. The fraction of sp³-hybridized carbons (Fsp3) is 0.250. The maximum atomic E-state index is 5.74. The Kier molecular flexibility index (Phi) is 3.96. The highest BCUT2D eigenvalue weighted by atomic mass is 35.5. The average molecular weight is 239 g/mol. The summed E-state index contributed by atoms with van der Waals surface area (Å²) in [4.78, 5) is 4.10. The smallest absolute Gasteiger partial charge is 0.122 e. The molecular formula is C12H15ClN2O. The number of hydrogen-bond donors (Lipinski definition) is 1. The van der Waals surface area contributed by atoms with Gasteiger partial charge < -0.3 is 10.5 Å². The van der Waals surface area contributed by atoms with E-state index >= 15 is 0 Å². The third-order valence-electron chi connectivity index (χ3n) is 2.52. The van der Waals surface area contributed by atoms with E-state index in [2.05, 4.69) is 11.1 Å². The molecule has 0 aromatic heterocycles. The van der Waals surface area contributed by atoms with Crippen LogP contribution in [0.1, 0.15) is 16.7 Å². The Bertz CT molecular complexity index is 453. The molecule has 86 valence electrons. The summed E-state index contributed by atoms with van der Waals surface area (Å²) in [6, 6.07) is 4.13. The van der Waals surface area contributed by atoms with E-state index in [0.29, 0.717) is 12.3 Å². The molecule has 1 aromatic carbocycles. The highest BCUT2D eigenvalue weighted by Crippen LogP contribution is 2.25. The Balaban J connectivity index is 0.00000128. The van der Waals surface area contributed by atoms with Crippen LogP contribution in [0, 0.1) is 6.92 Å². The molecule has 2 rings (SSSR count). The topological polar surface area (TPSA) is 47.6 Å². The molecule has 1 aliphatic rings. The number of rotatable bonds is 1. The maximum Gasteiger partial charge on any atom is 0.122 e. The number of benzene rings is 1. The van der Waals surface area contributed by atoms with Gasteiger partial charge >= 0.3 is 0 Å². The number of hydrogen-bond acceptors (Lipinski definition) is 3. The van der Waals surface area contributed by atoms with Gasteiger partial charge in [0.1, 0.15) is 11.6 Å². The van der Waals surface area contributed by atoms with Crippen LogP contribution in [0.3, 0.4) is 0 Å². The minimum absolute atomic E-state index is 0. The summed E-state index contributed by atoms with van der Waals surface area (Å²) >= 11 is 0. The first-order valence-corrected chi connectivity index (χ1v) is 4.87. The molecule has 0 fully saturated rings. The lowest BCUT2D eigenvalue weighted by Crippen LogP contribution is -2.14. The van der Waals surface area contributed by atoms with E-state index in [1.165, 1.54) is 5.56 Å². The molecule has 0 saturated carbocycles. The lowest BCUT2D eigenvalue weighted by Gasteiger charge is -2.10. The summed E-state index contributed by atoms with van der Waals surface area (Å²) in [7, 11) is 1.68. The van der Waals surface area contributed by atoms with E-state index in [9.17, 15) is 0 Å². The second kappa shape index (κ2) is 5.03. The second-order valence-corrected chi connectivity index (χ2v) is 3.63. The van der Waals surface area contributed by atoms with Crippen LogP contribution in [0.15, 0.2) is 23.3 Å². The Morgan fingerprint density at radius 1 is 1.38 bits per heavy atom. The molecule has 1 heterocycles. The van der Waals surface area contributed by atoms with Gasteiger partial charge in [-0.3, -0.25) is 0 Å². The van der Waals surface area contributed by atoms with Gasteiger partial charge in [0.05, 0.1) is 7.11 Å². The molecule has 2 N–H and O–H groups in total. The minimum atomic E-state index is 0. The highest BCUT2D eigenvalue weighted by Gasteiger charge is 2.09. The normalized spacial score (nSPS) is 13.2. The van der Waals surface area contributed by atoms with Gasteiger partial charge in [0.25, 0.3) is 0 Å². The fourth-order valence-corrected chi connectivity index (χ4v) is 1.75. The molecule has 1 aliphatic heterocycles. The molecule has 0 aliphatic carbocycles. The van der Waals surface area contributed by atoms with Crippen molar-refractivity contribution < 1.29 is 4.74 Å². The van der Waals surface area contributed by atoms with Gasteiger partial charge in [0.15, 0.2) is 0 Å². The molecule has 4 heteroatoms. The first-order valence-electron chi connectivity index (χ1n) is 4.87. The number of nitrogens with zero attached hydrogens (tertiary/aromatic N) is 1. The standard InChI is InChI=1S/C12H14N2O.ClH/c1-8-5-10-7-12(13)14-4-3-9(10)6-11(8)15-2;/h3-6H,7H2,1-2H3,(H2,13,14);1H. The quantitative estimate of drug-likeness (QED) is 0.816. The summed E-state index contributed by atoms with van der Waals surface area (Å²) in [5.74, 6) is 1.55. The number of amidine groups is 1. The number of methoxy groups -OCH3 is 1. The van der Waals surface area contributed by atoms with E-state index < -0.39 is 0 Å². The third-order valence-corrected chi connectivity index (χ3v) is 2.52. The van der Waals surface area contributed by atoms with E-state index in [-0.39, 0.29) is 12.4 Å². The van der Waals surface area contributed by atoms with Crippen molar-refractivity contribution in [1.29, 1.82) is 0 Å². The van der Waals surface area contributed by atoms with Crippen LogP contribution in [0.5, 0.6) is 5.75 Å². The predicted octanol–water partition coefficient (Wildman–Crippen LogP) is 2.31. The van der Waals surface area contributed by atoms with Gasteiger partial charge in [-0.2, -0.15) is 0 Å². The molecule has 16 heavy (non-hydrogen) atoms. The van der Waals surface area contributed by atoms with E-state index in [4.69, 9.17) is 10.5 Å². The Morgan fingerprint density at radius 3 is 2.81 bits per heavy atom. The molecule has 0 radical (unpaired) electrons. The molecule has 3 nitrogen and oxygen atoms in total. The number of halogens is 1. The molecule has 0 atom stereocenters. The number of fused-ring (bicyclic) bond motifs is 1. The van der Waals surface area contributed by atoms with Crippen molar-refractivity contribution in [2.45, 2.75) is 13.3 Å². The summed E-state index contributed by atoms with van der Waals surface area (Å²) in [5, 5.41) is 0. The summed E-state index contributed by atoms with van der Waals surface area (Å²) < 4.78 is 5.28. The van der Waals surface area contributed by atoms with Gasteiger partial charge in [0, 0.05) is 12.6 Å². The van der Waals surface area contributed by atoms with Gasteiger partial charge in [-0.05, 0) is 35.8 Å². The zero-order valence-corrected chi connectivity index (χ0v) is 10.2. The zero-order chi connectivity index (χ0) is 10.8. The second-order valence-electron chi connectivity index (χ2n) is 3.63. The van der Waals surface area contributed by atoms with Crippen molar-refractivity contribution in [3.63, 3.8) is 0 Å². The van der Waals surface area contributed by atoms with E-state index in [1.807, 2.05) is 19.1 Å². The lowest BCUT2D eigenvalue weighted by atomic mass is 10.0. The van der Waals surface area contributed by atoms with Crippen LogP contribution in [0.4, 0.5) is 0 Å². The summed E-state index contributed by atoms with van der Waals surface area (Å²) in [6.07, 6.45) is 4.39. The molecular weight excluding hydrogens is 224 g/mol. The van der Waals surface area contributed by atoms with Crippen LogP contribution < -0.4 is 10.5 Å². The van der Waals surface area contributed by atoms with Gasteiger partial charge in [0.2, 0.25) is 0 Å². The predicted molar refractivity (Wildman–Crippen MR) is 69.3 cm³/mol. The van der Waals surface area contributed by atoms with E-state index in [1.54, 1.807) is 13.3 Å². The number of nitrogens with two attached hydrogens (primary N) is 1. The minimum Gasteiger partial charge on any atom is -0.496 e. The Hall–Kier alpha value is -1.48. The van der Waals surface area contributed by atoms with E-state index in [0.717, 1.165) is 16.9 Å². The maximum absolute atomic E-state index is 5.74. The van der Waals surface area contributed by atoms with Gasteiger partial charge in [-0.1, -0.05) is 6.07 Å². The van der Waals surface area contributed by atoms with Crippen LogP contribution >= 0.6 is 12.4 Å². The van der Waals surface area contributed by atoms with Crippen molar-refractivity contribution in [1.82, 2.24) is 0 Å². The number of aliphatic imine (C=N–C) groups is 1. The number of ether oxygens (including phenoxy) is 1. The van der Waals surface area contributed by atoms with Crippen molar-refractivity contribution in [3.8, 4) is 5.75 Å². The Morgan fingerprint density at radius 2 is 2.12 bits per heavy atom. The van der Waals surface area contributed by atoms with Crippen molar-refractivity contribution in [2.24, 2.45) is 10.7 Å². The molecule has 0 bridgehead atoms. The highest BCUT2D eigenvalue weighted by molar-refractivity contribution is 5.86. The van der Waals surface area contributed by atoms with Crippen molar-refractivity contribution in [3.05, 3.63) is 35.0 Å². The molecule has 1 aromatic rings. The summed E-state index contributed by atoms with van der Waals surface area (Å²) in [5.41, 5.74) is 9.19. The first-order chi connectivity index (χ1) is 7.20. The SMILES string of the molecule is COc1cc2c(cc1C)CC(N)=NC=C2.Cl. The number of aryl methyl sites for hydroxylation is 1. The van der Waals surface area contributed by atoms with Crippen molar-refractivity contribution >= 4 is 24.3 Å². The van der Waals surface area contributed by atoms with Crippen LogP contribution in [0.2, 0.25) is 0 Å². The van der Waals surface area contributed by atoms with Crippen LogP contribution in [-0.2, 0) is 6.42 Å². The fourth-order valence-electron chi connectivity index (χ4n) is 1.75. The van der Waals surface area contributed by atoms with Crippen LogP contribution in [0.25, 0.3) is 6.08 Å². The summed E-state index contributed by atoms with van der Waals surface area (Å²) in [6.45, 7) is 2.03. The van der Waals surface area contributed by atoms with Gasteiger partial charge in [-0.15, -0.1) is 12.4 Å².